The normalized spacial score (nSPS) is 16.2. The molecule has 0 radical (unpaired) electrons. The molecule has 142 valence electrons. The molecular weight excluding hydrogens is 365 g/mol. The molecule has 0 bridgehead atoms. The monoisotopic (exact) mass is 380 g/mol. The van der Waals surface area contributed by atoms with Crippen LogP contribution < -0.4 is 10.2 Å². The van der Waals surface area contributed by atoms with E-state index in [0.29, 0.717) is 6.08 Å². The Morgan fingerprint density at radius 2 is 2.22 bits per heavy atom. The largest absolute Gasteiger partial charge is 0.447 e. The van der Waals surface area contributed by atoms with Gasteiger partial charge in [-0.15, -0.1) is 0 Å². The lowest BCUT2D eigenvalue weighted by atomic mass is 10.2. The van der Waals surface area contributed by atoms with Crippen LogP contribution in [0.3, 0.4) is 0 Å². The quantitative estimate of drug-likeness (QED) is 0.865. The van der Waals surface area contributed by atoms with Crippen molar-refractivity contribution in [1.29, 1.82) is 0 Å². The van der Waals surface area contributed by atoms with Crippen molar-refractivity contribution in [3.8, 4) is 5.69 Å². The van der Waals surface area contributed by atoms with E-state index in [1.165, 1.54) is 41.0 Å². The second-order valence-electron chi connectivity index (χ2n) is 5.81. The molecule has 27 heavy (non-hydrogen) atoms. The molecule has 1 fully saturated rings. The second-order valence-corrected chi connectivity index (χ2v) is 5.81. The number of aromatic nitrogens is 2. The number of nitrogens with one attached hydrogen (secondary N) is 1. The molecule has 2 aromatic rings. The zero-order chi connectivity index (χ0) is 19.6. The summed E-state index contributed by atoms with van der Waals surface area (Å²) in [5, 5.41) is 2.59. The molecule has 10 heteroatoms. The number of rotatable bonds is 5. The average molecular weight is 380 g/mol. The summed E-state index contributed by atoms with van der Waals surface area (Å²) in [5.74, 6) is -0.940. The van der Waals surface area contributed by atoms with Crippen LogP contribution in [0.5, 0.6) is 0 Å². The van der Waals surface area contributed by atoms with Gasteiger partial charge in [0.25, 0.3) is 6.08 Å². The number of nitrogens with zero attached hydrogens (tertiary/aromatic N) is 3. The van der Waals surface area contributed by atoms with Crippen LogP contribution in [0.1, 0.15) is 12.6 Å². The number of carbonyl (C=O) groups excluding carboxylic acids is 2. The molecule has 1 aliphatic heterocycles. The summed E-state index contributed by atoms with van der Waals surface area (Å²) in [7, 11) is 0. The Morgan fingerprint density at radius 3 is 2.89 bits per heavy atom. The van der Waals surface area contributed by atoms with Gasteiger partial charge in [-0.1, -0.05) is 0 Å². The third-order valence-electron chi connectivity index (χ3n) is 3.89. The third kappa shape index (κ3) is 4.10. The summed E-state index contributed by atoms with van der Waals surface area (Å²) < 4.78 is 45.4. The van der Waals surface area contributed by atoms with Crippen molar-refractivity contribution in [2.75, 3.05) is 18.1 Å². The van der Waals surface area contributed by atoms with E-state index < -0.39 is 24.0 Å². The maximum atomic E-state index is 14.6. The highest BCUT2D eigenvalue weighted by atomic mass is 19.3. The molecule has 0 saturated carbocycles. The average Bonchev–Trinajstić information content (AvgIpc) is 3.19. The van der Waals surface area contributed by atoms with Gasteiger partial charge in [0, 0.05) is 25.7 Å². The van der Waals surface area contributed by atoms with E-state index in [9.17, 15) is 22.8 Å². The molecule has 1 aromatic carbocycles. The van der Waals surface area contributed by atoms with Gasteiger partial charge in [0.05, 0.1) is 29.4 Å². The number of ether oxygens (including phenoxy) is 1. The molecule has 7 nitrogen and oxygen atoms in total. The van der Waals surface area contributed by atoms with Gasteiger partial charge in [-0.05, 0) is 18.2 Å². The number of imidazole rings is 1. The lowest BCUT2D eigenvalue weighted by Gasteiger charge is -2.22. The van der Waals surface area contributed by atoms with E-state index in [1.807, 2.05) is 0 Å². The Labute approximate surface area is 152 Å². The summed E-state index contributed by atoms with van der Waals surface area (Å²) in [6, 6.07) is 3.56. The summed E-state index contributed by atoms with van der Waals surface area (Å²) in [4.78, 5) is 28.1. The van der Waals surface area contributed by atoms with Crippen molar-refractivity contribution in [1.82, 2.24) is 14.9 Å². The highest BCUT2D eigenvalue weighted by Crippen LogP contribution is 2.26. The number of anilines is 1. The van der Waals surface area contributed by atoms with Crippen LogP contribution in [0.25, 0.3) is 11.8 Å². The van der Waals surface area contributed by atoms with Crippen molar-refractivity contribution in [2.45, 2.75) is 13.0 Å². The topological polar surface area (TPSA) is 76.5 Å². The predicted octanol–water partition coefficient (Wildman–Crippen LogP) is 2.71. The summed E-state index contributed by atoms with van der Waals surface area (Å²) >= 11 is 0. The van der Waals surface area contributed by atoms with Gasteiger partial charge in [-0.25, -0.2) is 14.2 Å². The van der Waals surface area contributed by atoms with Crippen molar-refractivity contribution in [3.63, 3.8) is 0 Å². The first kappa shape index (κ1) is 18.5. The van der Waals surface area contributed by atoms with Gasteiger partial charge in [0.15, 0.2) is 0 Å². The van der Waals surface area contributed by atoms with Crippen LogP contribution in [-0.2, 0) is 9.53 Å². The van der Waals surface area contributed by atoms with Crippen LogP contribution in [0.2, 0.25) is 0 Å². The fraction of sp³-hybridized carbons (Fsp3) is 0.235. The van der Waals surface area contributed by atoms with E-state index in [0.717, 1.165) is 6.07 Å². The zero-order valence-corrected chi connectivity index (χ0v) is 14.2. The molecule has 3 rings (SSSR count). The SMILES string of the molecule is CC(=O)NC[C@H]1COC(=O)N1c1ccc(-n2cnc(C=C(F)F)c2)c(F)c1. The molecule has 0 unspecified atom stereocenters. The molecular formula is C17H15F3N4O3. The maximum Gasteiger partial charge on any atom is 0.414 e. The van der Waals surface area contributed by atoms with Crippen molar-refractivity contribution >= 4 is 23.8 Å². The van der Waals surface area contributed by atoms with E-state index in [4.69, 9.17) is 4.74 Å². The Bertz CT molecular complexity index is 909. The van der Waals surface area contributed by atoms with Crippen LogP contribution in [0.15, 0.2) is 36.8 Å². The van der Waals surface area contributed by atoms with Crippen molar-refractivity contribution in [2.24, 2.45) is 0 Å². The fourth-order valence-electron chi connectivity index (χ4n) is 2.70. The van der Waals surface area contributed by atoms with Crippen LogP contribution in [-0.4, -0.2) is 40.7 Å². The number of carbonyl (C=O) groups is 2. The minimum absolute atomic E-state index is 0.0167. The standard InChI is InChI=1S/C17H15F3N4O3/c1-10(25)21-6-13-8-27-17(26)24(13)12-2-3-15(14(18)5-12)23-7-11(22-9-23)4-16(19)20/h2-5,7,9,13H,6,8H2,1H3,(H,21,25)/t13-/m0/s1. The molecule has 1 atom stereocenters. The second kappa shape index (κ2) is 7.52. The summed E-state index contributed by atoms with van der Waals surface area (Å²) in [5.41, 5.74) is 0.317. The van der Waals surface area contributed by atoms with Gasteiger partial charge in [-0.3, -0.25) is 9.69 Å². The molecule has 2 heterocycles. The highest BCUT2D eigenvalue weighted by molar-refractivity contribution is 5.90. The molecule has 1 N–H and O–H groups in total. The van der Waals surface area contributed by atoms with Crippen molar-refractivity contribution < 1.29 is 27.5 Å². The smallest absolute Gasteiger partial charge is 0.414 e. The van der Waals surface area contributed by atoms with E-state index in [1.54, 1.807) is 0 Å². The minimum atomic E-state index is -1.91. The summed E-state index contributed by atoms with van der Waals surface area (Å²) in [6.07, 6.45) is 0.465. The third-order valence-corrected chi connectivity index (χ3v) is 3.89. The number of cyclic esters (lactones) is 1. The minimum Gasteiger partial charge on any atom is -0.447 e. The Kier molecular flexibility index (Phi) is 5.15. The Balaban J connectivity index is 1.85. The number of halogens is 3. The van der Waals surface area contributed by atoms with Crippen LogP contribution in [0, 0.1) is 5.82 Å². The van der Waals surface area contributed by atoms with Crippen LogP contribution >= 0.6 is 0 Å². The molecule has 1 saturated heterocycles. The summed E-state index contributed by atoms with van der Waals surface area (Å²) in [6.45, 7) is 1.57. The first-order valence-corrected chi connectivity index (χ1v) is 7.92. The first-order chi connectivity index (χ1) is 12.8. The van der Waals surface area contributed by atoms with Gasteiger partial charge in [0.2, 0.25) is 5.91 Å². The number of hydrogen-bond donors (Lipinski definition) is 1. The van der Waals surface area contributed by atoms with Crippen molar-refractivity contribution in [3.05, 3.63) is 48.3 Å². The molecule has 2 amide bonds. The van der Waals surface area contributed by atoms with E-state index in [2.05, 4.69) is 10.3 Å². The number of amides is 2. The predicted molar refractivity (Wildman–Crippen MR) is 90.0 cm³/mol. The highest BCUT2D eigenvalue weighted by Gasteiger charge is 2.34. The fourth-order valence-corrected chi connectivity index (χ4v) is 2.70. The van der Waals surface area contributed by atoms with Gasteiger partial charge >= 0.3 is 6.09 Å². The van der Waals surface area contributed by atoms with Gasteiger partial charge in [0.1, 0.15) is 12.4 Å². The Hall–Kier alpha value is -3.30. The molecule has 0 aliphatic carbocycles. The molecule has 0 spiro atoms. The number of hydrogen-bond acceptors (Lipinski definition) is 4. The maximum absolute atomic E-state index is 14.6. The first-order valence-electron chi connectivity index (χ1n) is 7.92. The molecule has 1 aliphatic rings. The number of benzene rings is 1. The van der Waals surface area contributed by atoms with Gasteiger partial charge < -0.3 is 14.6 Å². The van der Waals surface area contributed by atoms with E-state index in [-0.39, 0.29) is 36.1 Å². The lowest BCUT2D eigenvalue weighted by Crippen LogP contribution is -2.42. The van der Waals surface area contributed by atoms with Gasteiger partial charge in [-0.2, -0.15) is 8.78 Å². The van der Waals surface area contributed by atoms with Crippen LogP contribution in [0.4, 0.5) is 23.7 Å². The molecule has 1 aromatic heterocycles. The van der Waals surface area contributed by atoms with E-state index >= 15 is 0 Å². The zero-order valence-electron chi connectivity index (χ0n) is 14.2. The lowest BCUT2D eigenvalue weighted by molar-refractivity contribution is -0.119. The Morgan fingerprint density at radius 1 is 1.44 bits per heavy atom.